The molecule has 2 aliphatic rings. The number of hydrogen-bond donors (Lipinski definition) is 2. The molecular weight excluding hydrogens is 264 g/mol. The maximum atomic E-state index is 12.5. The van der Waals surface area contributed by atoms with Crippen molar-refractivity contribution < 1.29 is 9.90 Å². The quantitative estimate of drug-likeness (QED) is 0.808. The fourth-order valence-electron chi connectivity index (χ4n) is 2.89. The molecule has 3 rings (SSSR count). The lowest BCUT2D eigenvalue weighted by molar-refractivity contribution is 0.169. The largest absolute Gasteiger partial charge is 0.395 e. The zero-order valence-electron chi connectivity index (χ0n) is 12.4. The van der Waals surface area contributed by atoms with Crippen molar-refractivity contribution in [3.63, 3.8) is 0 Å². The highest BCUT2D eigenvalue weighted by Gasteiger charge is 2.36. The van der Waals surface area contributed by atoms with Crippen molar-refractivity contribution in [2.24, 2.45) is 5.92 Å². The van der Waals surface area contributed by atoms with Gasteiger partial charge in [0.1, 0.15) is 0 Å². The Bertz CT molecular complexity index is 469. The summed E-state index contributed by atoms with van der Waals surface area (Å²) in [7, 11) is 0. The summed E-state index contributed by atoms with van der Waals surface area (Å²) in [4.78, 5) is 14.3. The summed E-state index contributed by atoms with van der Waals surface area (Å²) in [6.45, 7) is 0.482. The van der Waals surface area contributed by atoms with E-state index in [9.17, 15) is 4.79 Å². The number of aliphatic hydroxyl groups excluding tert-OH is 1. The molecule has 2 saturated carbocycles. The van der Waals surface area contributed by atoms with Gasteiger partial charge in [-0.05, 0) is 43.6 Å². The van der Waals surface area contributed by atoms with E-state index in [0.717, 1.165) is 19.3 Å². The summed E-state index contributed by atoms with van der Waals surface area (Å²) >= 11 is 0. The molecule has 0 aromatic heterocycles. The fraction of sp³-hybridized carbons (Fsp3) is 0.588. The number of hydrogen-bond acceptors (Lipinski definition) is 2. The van der Waals surface area contributed by atoms with Crippen LogP contribution in [0, 0.1) is 5.92 Å². The van der Waals surface area contributed by atoms with E-state index in [1.807, 2.05) is 18.2 Å². The van der Waals surface area contributed by atoms with E-state index in [2.05, 4.69) is 17.4 Å². The van der Waals surface area contributed by atoms with Crippen LogP contribution in [-0.4, -0.2) is 41.3 Å². The van der Waals surface area contributed by atoms with Crippen molar-refractivity contribution >= 4 is 6.03 Å². The van der Waals surface area contributed by atoms with Gasteiger partial charge in [0.15, 0.2) is 0 Å². The van der Waals surface area contributed by atoms with Crippen molar-refractivity contribution in [3.05, 3.63) is 35.9 Å². The van der Waals surface area contributed by atoms with Gasteiger partial charge in [-0.15, -0.1) is 0 Å². The van der Waals surface area contributed by atoms with Crippen molar-refractivity contribution in [1.29, 1.82) is 0 Å². The molecule has 2 N–H and O–H groups in total. The van der Waals surface area contributed by atoms with Crippen molar-refractivity contribution in [1.82, 2.24) is 10.2 Å². The number of carbonyl (C=O) groups excluding carboxylic acids is 1. The van der Waals surface area contributed by atoms with Crippen molar-refractivity contribution in [2.75, 3.05) is 13.2 Å². The average Bonchev–Trinajstić information content (AvgIpc) is 3.38. The standard InChI is InChI=1S/C17H24N2O2/c20-11-10-19(15-8-9-15)17(21)18-16(14-6-7-14)12-13-4-2-1-3-5-13/h1-5,14-16,20H,6-12H2,(H,18,21). The van der Waals surface area contributed by atoms with Crippen molar-refractivity contribution in [3.8, 4) is 0 Å². The summed E-state index contributed by atoms with van der Waals surface area (Å²) in [5.41, 5.74) is 1.27. The third kappa shape index (κ3) is 3.97. The van der Waals surface area contributed by atoms with Crippen LogP contribution < -0.4 is 5.32 Å². The summed E-state index contributed by atoms with van der Waals surface area (Å²) < 4.78 is 0. The number of urea groups is 1. The van der Waals surface area contributed by atoms with Gasteiger partial charge in [-0.2, -0.15) is 0 Å². The Morgan fingerprint density at radius 1 is 1.24 bits per heavy atom. The van der Waals surface area contributed by atoms with Gasteiger partial charge in [-0.3, -0.25) is 0 Å². The Labute approximate surface area is 126 Å². The van der Waals surface area contributed by atoms with Crippen LogP contribution in [0.15, 0.2) is 30.3 Å². The number of amides is 2. The first-order valence-electron chi connectivity index (χ1n) is 8.00. The normalized spacial score (nSPS) is 19.1. The van der Waals surface area contributed by atoms with E-state index in [4.69, 9.17) is 5.11 Å². The Kier molecular flexibility index (Phi) is 4.44. The Morgan fingerprint density at radius 2 is 1.95 bits per heavy atom. The van der Waals surface area contributed by atoms with Crippen LogP contribution in [0.5, 0.6) is 0 Å². The summed E-state index contributed by atoms with van der Waals surface area (Å²) in [5, 5.41) is 12.3. The summed E-state index contributed by atoms with van der Waals surface area (Å²) in [5.74, 6) is 0.615. The molecule has 1 aromatic rings. The van der Waals surface area contributed by atoms with E-state index >= 15 is 0 Å². The van der Waals surface area contributed by atoms with Crippen LogP contribution in [0.4, 0.5) is 4.79 Å². The average molecular weight is 288 g/mol. The Balaban J connectivity index is 1.60. The molecule has 114 valence electrons. The van der Waals surface area contributed by atoms with E-state index < -0.39 is 0 Å². The molecule has 0 aliphatic heterocycles. The van der Waals surface area contributed by atoms with Crippen LogP contribution in [0.25, 0.3) is 0 Å². The van der Waals surface area contributed by atoms with Crippen molar-refractivity contribution in [2.45, 2.75) is 44.2 Å². The van der Waals surface area contributed by atoms with Gasteiger partial charge >= 0.3 is 6.03 Å². The van der Waals surface area contributed by atoms with E-state index in [-0.39, 0.29) is 18.7 Å². The number of nitrogens with zero attached hydrogens (tertiary/aromatic N) is 1. The van der Waals surface area contributed by atoms with Crippen LogP contribution in [0.2, 0.25) is 0 Å². The highest BCUT2D eigenvalue weighted by Crippen LogP contribution is 2.34. The Morgan fingerprint density at radius 3 is 2.52 bits per heavy atom. The second-order valence-corrected chi connectivity index (χ2v) is 6.23. The lowest BCUT2D eigenvalue weighted by Gasteiger charge is -2.26. The van der Waals surface area contributed by atoms with Crippen LogP contribution in [0.1, 0.15) is 31.2 Å². The number of carbonyl (C=O) groups is 1. The Hall–Kier alpha value is -1.55. The molecule has 1 aromatic carbocycles. The minimum atomic E-state index is -0.000573. The molecule has 4 nitrogen and oxygen atoms in total. The van der Waals surface area contributed by atoms with Crippen LogP contribution in [-0.2, 0) is 6.42 Å². The highest BCUT2D eigenvalue weighted by molar-refractivity contribution is 5.75. The third-order valence-electron chi connectivity index (χ3n) is 4.39. The molecule has 0 heterocycles. The molecular formula is C17H24N2O2. The molecule has 0 saturated heterocycles. The van der Waals surface area contributed by atoms with E-state index in [1.54, 1.807) is 4.90 Å². The molecule has 21 heavy (non-hydrogen) atoms. The molecule has 0 radical (unpaired) electrons. The molecule has 2 aliphatic carbocycles. The number of benzene rings is 1. The monoisotopic (exact) mass is 288 g/mol. The predicted molar refractivity (Wildman–Crippen MR) is 82.0 cm³/mol. The molecule has 2 amide bonds. The zero-order valence-corrected chi connectivity index (χ0v) is 12.4. The van der Waals surface area contributed by atoms with Gasteiger partial charge in [0, 0.05) is 18.6 Å². The molecule has 1 atom stereocenters. The third-order valence-corrected chi connectivity index (χ3v) is 4.39. The number of rotatable bonds is 7. The first-order chi connectivity index (χ1) is 10.3. The number of aliphatic hydroxyl groups is 1. The maximum Gasteiger partial charge on any atom is 0.317 e. The van der Waals surface area contributed by atoms with Gasteiger partial charge in [-0.25, -0.2) is 4.79 Å². The molecule has 1 unspecified atom stereocenters. The zero-order chi connectivity index (χ0) is 14.7. The molecule has 0 spiro atoms. The molecule has 2 fully saturated rings. The highest BCUT2D eigenvalue weighted by atomic mass is 16.3. The lowest BCUT2D eigenvalue weighted by atomic mass is 10.0. The van der Waals surface area contributed by atoms with E-state index in [1.165, 1.54) is 18.4 Å². The minimum absolute atomic E-state index is 0.000573. The summed E-state index contributed by atoms with van der Waals surface area (Å²) in [6.07, 6.45) is 5.46. The topological polar surface area (TPSA) is 52.6 Å². The first kappa shape index (κ1) is 14.4. The summed E-state index contributed by atoms with van der Waals surface area (Å²) in [6, 6.07) is 10.9. The molecule has 4 heteroatoms. The second-order valence-electron chi connectivity index (χ2n) is 6.23. The van der Waals surface area contributed by atoms with Gasteiger partial charge in [0.25, 0.3) is 0 Å². The smallest absolute Gasteiger partial charge is 0.317 e. The van der Waals surface area contributed by atoms with E-state index in [0.29, 0.717) is 18.5 Å². The maximum absolute atomic E-state index is 12.5. The van der Waals surface area contributed by atoms with Crippen LogP contribution in [0.3, 0.4) is 0 Å². The van der Waals surface area contributed by atoms with Gasteiger partial charge in [0.2, 0.25) is 0 Å². The second kappa shape index (κ2) is 6.48. The lowest BCUT2D eigenvalue weighted by Crippen LogP contribution is -2.48. The van der Waals surface area contributed by atoms with Gasteiger partial charge in [-0.1, -0.05) is 30.3 Å². The SMILES string of the molecule is O=C(NC(Cc1ccccc1)C1CC1)N(CCO)C1CC1. The minimum Gasteiger partial charge on any atom is -0.395 e. The van der Waals surface area contributed by atoms with Crippen LogP contribution >= 0.6 is 0 Å². The fourth-order valence-corrected chi connectivity index (χ4v) is 2.89. The van der Waals surface area contributed by atoms with Gasteiger partial charge in [0.05, 0.1) is 6.61 Å². The number of nitrogens with one attached hydrogen (secondary N) is 1. The molecule has 0 bridgehead atoms. The first-order valence-corrected chi connectivity index (χ1v) is 8.00. The van der Waals surface area contributed by atoms with Gasteiger partial charge < -0.3 is 15.3 Å². The predicted octanol–water partition coefficient (Wildman–Crippen LogP) is 2.17.